The van der Waals surface area contributed by atoms with Gasteiger partial charge in [0.15, 0.2) is 0 Å². The van der Waals surface area contributed by atoms with E-state index in [-0.39, 0.29) is 6.17 Å². The van der Waals surface area contributed by atoms with E-state index in [1.54, 1.807) is 6.20 Å². The van der Waals surface area contributed by atoms with E-state index in [0.29, 0.717) is 0 Å². The minimum Gasteiger partial charge on any atom is -0.369 e. The standard InChI is InChI=1S/C15H23N5/c1-19(2)9-6-10-20(3)15-12-17-14(11-18-15)13-7-4-5-8-16-13/h4-5,7-8,11-12,15,18H,6,9-10H2,1-3H3. The van der Waals surface area contributed by atoms with Crippen LogP contribution >= 0.6 is 0 Å². The second-order valence-electron chi connectivity index (χ2n) is 5.27. The van der Waals surface area contributed by atoms with Gasteiger partial charge < -0.3 is 10.2 Å². The Bertz CT molecular complexity index is 466. The van der Waals surface area contributed by atoms with Gasteiger partial charge in [0.25, 0.3) is 0 Å². The summed E-state index contributed by atoms with van der Waals surface area (Å²) in [6.07, 6.45) is 6.97. The van der Waals surface area contributed by atoms with Crippen LogP contribution in [0.2, 0.25) is 0 Å². The average molecular weight is 273 g/mol. The minimum atomic E-state index is 0.157. The highest BCUT2D eigenvalue weighted by Crippen LogP contribution is 2.14. The largest absolute Gasteiger partial charge is 0.369 e. The molecule has 1 N–H and O–H groups in total. The predicted octanol–water partition coefficient (Wildman–Crippen LogP) is 1.26. The molecule has 0 saturated carbocycles. The minimum absolute atomic E-state index is 0.157. The molecule has 0 aliphatic carbocycles. The number of pyridine rings is 1. The first-order valence-electron chi connectivity index (χ1n) is 6.93. The zero-order valence-corrected chi connectivity index (χ0v) is 12.5. The topological polar surface area (TPSA) is 43.8 Å². The van der Waals surface area contributed by atoms with Crippen molar-refractivity contribution in [2.45, 2.75) is 12.6 Å². The van der Waals surface area contributed by atoms with Crippen LogP contribution in [0.3, 0.4) is 0 Å². The molecule has 20 heavy (non-hydrogen) atoms. The van der Waals surface area contributed by atoms with Gasteiger partial charge in [0.05, 0.1) is 5.69 Å². The van der Waals surface area contributed by atoms with Gasteiger partial charge in [-0.15, -0.1) is 0 Å². The fraction of sp³-hybridized carbons (Fsp3) is 0.467. The SMILES string of the molecule is CN(C)CCCN(C)C1C=NC(c2ccccn2)=CN1. The number of nitrogens with one attached hydrogen (secondary N) is 1. The molecule has 1 unspecified atom stereocenters. The highest BCUT2D eigenvalue weighted by Gasteiger charge is 2.14. The zero-order valence-electron chi connectivity index (χ0n) is 12.5. The van der Waals surface area contributed by atoms with Gasteiger partial charge in [0, 0.05) is 25.2 Å². The van der Waals surface area contributed by atoms with Gasteiger partial charge in [-0.1, -0.05) is 6.07 Å². The second kappa shape index (κ2) is 7.17. The third-order valence-corrected chi connectivity index (χ3v) is 3.26. The lowest BCUT2D eigenvalue weighted by molar-refractivity contribution is 0.260. The Labute approximate surface area is 121 Å². The average Bonchev–Trinajstić information content (AvgIpc) is 2.48. The smallest absolute Gasteiger partial charge is 0.116 e. The first-order valence-corrected chi connectivity index (χ1v) is 6.93. The Balaban J connectivity index is 1.85. The van der Waals surface area contributed by atoms with Crippen molar-refractivity contribution in [2.75, 3.05) is 34.2 Å². The van der Waals surface area contributed by atoms with Crippen molar-refractivity contribution >= 4 is 11.9 Å². The molecule has 0 aromatic carbocycles. The van der Waals surface area contributed by atoms with Crippen LogP contribution in [0, 0.1) is 0 Å². The van der Waals surface area contributed by atoms with Gasteiger partial charge in [-0.3, -0.25) is 14.9 Å². The quantitative estimate of drug-likeness (QED) is 0.847. The Morgan fingerprint density at radius 1 is 1.20 bits per heavy atom. The molecule has 1 atom stereocenters. The third kappa shape index (κ3) is 4.15. The summed E-state index contributed by atoms with van der Waals surface area (Å²) in [7, 11) is 6.31. The van der Waals surface area contributed by atoms with Gasteiger partial charge in [-0.25, -0.2) is 0 Å². The maximum absolute atomic E-state index is 4.50. The van der Waals surface area contributed by atoms with Gasteiger partial charge >= 0.3 is 0 Å². The maximum atomic E-state index is 4.50. The Morgan fingerprint density at radius 2 is 2.05 bits per heavy atom. The molecule has 2 heterocycles. The van der Waals surface area contributed by atoms with Crippen LogP contribution in [0.25, 0.3) is 5.70 Å². The van der Waals surface area contributed by atoms with E-state index in [1.807, 2.05) is 30.6 Å². The molecule has 2 rings (SSSR count). The normalized spacial score (nSPS) is 18.2. The van der Waals surface area contributed by atoms with Crippen molar-refractivity contribution in [3.63, 3.8) is 0 Å². The summed E-state index contributed by atoms with van der Waals surface area (Å²) in [4.78, 5) is 13.3. The van der Waals surface area contributed by atoms with Crippen LogP contribution in [0.15, 0.2) is 35.6 Å². The van der Waals surface area contributed by atoms with Crippen molar-refractivity contribution in [3.05, 3.63) is 36.3 Å². The molecule has 0 bridgehead atoms. The second-order valence-corrected chi connectivity index (χ2v) is 5.27. The summed E-state index contributed by atoms with van der Waals surface area (Å²) in [5.41, 5.74) is 1.77. The van der Waals surface area contributed by atoms with Crippen LogP contribution in [0.5, 0.6) is 0 Å². The van der Waals surface area contributed by atoms with Crippen molar-refractivity contribution in [1.29, 1.82) is 0 Å². The first-order chi connectivity index (χ1) is 9.66. The molecule has 5 heteroatoms. The fourth-order valence-electron chi connectivity index (χ4n) is 2.07. The summed E-state index contributed by atoms with van der Waals surface area (Å²) in [5.74, 6) is 0. The molecular formula is C15H23N5. The number of nitrogens with zero attached hydrogens (tertiary/aromatic N) is 4. The lowest BCUT2D eigenvalue weighted by Crippen LogP contribution is -2.44. The Hall–Kier alpha value is -1.72. The molecule has 1 aliphatic heterocycles. The summed E-state index contributed by atoms with van der Waals surface area (Å²) in [6, 6.07) is 5.84. The molecule has 1 aromatic rings. The van der Waals surface area contributed by atoms with Crippen molar-refractivity contribution in [1.82, 2.24) is 20.1 Å². The number of hydrogen-bond acceptors (Lipinski definition) is 5. The van der Waals surface area contributed by atoms with Crippen molar-refractivity contribution in [3.8, 4) is 0 Å². The number of aromatic nitrogens is 1. The van der Waals surface area contributed by atoms with E-state index in [1.165, 1.54) is 0 Å². The predicted molar refractivity (Wildman–Crippen MR) is 83.4 cm³/mol. The first kappa shape index (κ1) is 14.7. The third-order valence-electron chi connectivity index (χ3n) is 3.26. The highest BCUT2D eigenvalue weighted by molar-refractivity contribution is 5.77. The molecule has 0 amide bonds. The molecule has 0 fully saturated rings. The Morgan fingerprint density at radius 3 is 2.65 bits per heavy atom. The molecular weight excluding hydrogens is 250 g/mol. The van der Waals surface area contributed by atoms with Crippen molar-refractivity contribution < 1.29 is 0 Å². The molecule has 0 spiro atoms. The molecule has 0 saturated heterocycles. The fourth-order valence-corrected chi connectivity index (χ4v) is 2.07. The monoisotopic (exact) mass is 273 g/mol. The van der Waals surface area contributed by atoms with E-state index >= 15 is 0 Å². The van der Waals surface area contributed by atoms with Crippen molar-refractivity contribution in [2.24, 2.45) is 4.99 Å². The summed E-state index contributed by atoms with van der Waals surface area (Å²) in [6.45, 7) is 2.14. The van der Waals surface area contributed by atoms with E-state index in [9.17, 15) is 0 Å². The van der Waals surface area contributed by atoms with Crippen LogP contribution in [-0.2, 0) is 0 Å². The lowest BCUT2D eigenvalue weighted by Gasteiger charge is -2.27. The van der Waals surface area contributed by atoms with E-state index < -0.39 is 0 Å². The highest BCUT2D eigenvalue weighted by atomic mass is 15.3. The number of rotatable bonds is 6. The van der Waals surface area contributed by atoms with Gasteiger partial charge in [0.2, 0.25) is 0 Å². The zero-order chi connectivity index (χ0) is 14.4. The molecule has 108 valence electrons. The van der Waals surface area contributed by atoms with Crippen LogP contribution < -0.4 is 5.32 Å². The van der Waals surface area contributed by atoms with E-state index in [2.05, 4.69) is 46.2 Å². The molecule has 1 aromatic heterocycles. The van der Waals surface area contributed by atoms with E-state index in [4.69, 9.17) is 0 Å². The molecule has 1 aliphatic rings. The maximum Gasteiger partial charge on any atom is 0.116 e. The van der Waals surface area contributed by atoms with E-state index in [0.717, 1.165) is 30.9 Å². The van der Waals surface area contributed by atoms with Crippen LogP contribution in [0.1, 0.15) is 12.1 Å². The summed E-state index contributed by atoms with van der Waals surface area (Å²) < 4.78 is 0. The van der Waals surface area contributed by atoms with Gasteiger partial charge in [-0.2, -0.15) is 0 Å². The summed E-state index contributed by atoms with van der Waals surface area (Å²) in [5, 5.41) is 3.37. The summed E-state index contributed by atoms with van der Waals surface area (Å²) >= 11 is 0. The van der Waals surface area contributed by atoms with Gasteiger partial charge in [-0.05, 0) is 46.2 Å². The van der Waals surface area contributed by atoms with Crippen LogP contribution in [-0.4, -0.2) is 61.4 Å². The number of aliphatic imine (C=N–C) groups is 1. The van der Waals surface area contributed by atoms with Crippen LogP contribution in [0.4, 0.5) is 0 Å². The molecule has 0 radical (unpaired) electrons. The Kier molecular flexibility index (Phi) is 5.26. The van der Waals surface area contributed by atoms with Gasteiger partial charge in [0.1, 0.15) is 11.9 Å². The number of hydrogen-bond donors (Lipinski definition) is 1. The lowest BCUT2D eigenvalue weighted by atomic mass is 10.2. The molecule has 5 nitrogen and oxygen atoms in total.